The summed E-state index contributed by atoms with van der Waals surface area (Å²) >= 11 is 3.19. The summed E-state index contributed by atoms with van der Waals surface area (Å²) in [6.45, 7) is 6.67. The minimum absolute atomic E-state index is 0.0470. The first-order valence-electron chi connectivity index (χ1n) is 11.3. The molecule has 0 aliphatic carbocycles. The maximum absolute atomic E-state index is 13.0. The molecule has 1 amide bonds. The Morgan fingerprint density at radius 3 is 2.76 bits per heavy atom. The van der Waals surface area contributed by atoms with E-state index < -0.39 is 6.04 Å². The molecule has 1 N–H and O–H groups in total. The molecule has 8 heteroatoms. The lowest BCUT2D eigenvalue weighted by molar-refractivity contribution is -0.136. The highest BCUT2D eigenvalue weighted by Crippen LogP contribution is 2.46. The summed E-state index contributed by atoms with van der Waals surface area (Å²) in [6, 6.07) is 9.94. The molecular formula is C26H29N3O3S2. The van der Waals surface area contributed by atoms with Gasteiger partial charge in [-0.1, -0.05) is 48.5 Å². The van der Waals surface area contributed by atoms with Crippen molar-refractivity contribution in [2.75, 3.05) is 13.7 Å². The lowest BCUT2D eigenvalue weighted by atomic mass is 9.89. The predicted octanol–water partition coefficient (Wildman–Crippen LogP) is 5.25. The molecule has 34 heavy (non-hydrogen) atoms. The van der Waals surface area contributed by atoms with Gasteiger partial charge >= 0.3 is 5.97 Å². The Kier molecular flexibility index (Phi) is 7.58. The number of carbonyl (C=O) groups excluding carboxylic acids is 2. The second kappa shape index (κ2) is 10.6. The highest BCUT2D eigenvalue weighted by Gasteiger charge is 2.42. The van der Waals surface area contributed by atoms with Crippen molar-refractivity contribution in [1.82, 2.24) is 10.2 Å². The van der Waals surface area contributed by atoms with Crippen LogP contribution in [0.2, 0.25) is 0 Å². The summed E-state index contributed by atoms with van der Waals surface area (Å²) in [6.07, 6.45) is 1.64. The second-order valence-corrected chi connectivity index (χ2v) is 10.2. The molecule has 4 rings (SSSR count). The summed E-state index contributed by atoms with van der Waals surface area (Å²) < 4.78 is 5.20. The second-order valence-electron chi connectivity index (χ2n) is 8.32. The number of ether oxygens (including phenoxy) is 1. The number of benzene rings is 1. The summed E-state index contributed by atoms with van der Waals surface area (Å²) in [5, 5.41) is 7.84. The first-order valence-corrected chi connectivity index (χ1v) is 13.1. The van der Waals surface area contributed by atoms with E-state index in [1.54, 1.807) is 11.3 Å². The van der Waals surface area contributed by atoms with Crippen LogP contribution in [0.15, 0.2) is 63.1 Å². The number of carbonyl (C=O) groups is 2. The monoisotopic (exact) mass is 495 g/mol. The predicted molar refractivity (Wildman–Crippen MR) is 139 cm³/mol. The molecule has 0 unspecified atom stereocenters. The summed E-state index contributed by atoms with van der Waals surface area (Å²) in [7, 11) is 1.40. The van der Waals surface area contributed by atoms with Crippen molar-refractivity contribution in [1.29, 1.82) is 0 Å². The number of esters is 1. The van der Waals surface area contributed by atoms with Gasteiger partial charge in [0.15, 0.2) is 5.17 Å². The molecule has 1 atom stereocenters. The van der Waals surface area contributed by atoms with Gasteiger partial charge in [0, 0.05) is 17.1 Å². The zero-order valence-corrected chi connectivity index (χ0v) is 21.5. The summed E-state index contributed by atoms with van der Waals surface area (Å²) in [5.74, 6) is -0.434. The quantitative estimate of drug-likeness (QED) is 0.507. The molecule has 178 valence electrons. The average Bonchev–Trinajstić information content (AvgIpc) is 3.49. The fourth-order valence-electron chi connectivity index (χ4n) is 4.27. The number of aryl methyl sites for hydroxylation is 2. The minimum Gasteiger partial charge on any atom is -0.466 e. The normalized spacial score (nSPS) is 17.3. The van der Waals surface area contributed by atoms with Crippen molar-refractivity contribution in [2.24, 2.45) is 4.99 Å². The summed E-state index contributed by atoms with van der Waals surface area (Å²) in [5.41, 5.74) is 5.30. The summed E-state index contributed by atoms with van der Waals surface area (Å²) in [4.78, 5) is 33.9. The number of amidine groups is 1. The number of hydrogen-bond donors (Lipinski definition) is 1. The van der Waals surface area contributed by atoms with Gasteiger partial charge in [-0.15, -0.1) is 11.3 Å². The number of nitrogens with one attached hydrogen (secondary N) is 1. The highest BCUT2D eigenvalue weighted by molar-refractivity contribution is 8.16. The van der Waals surface area contributed by atoms with E-state index in [0.29, 0.717) is 18.5 Å². The van der Waals surface area contributed by atoms with E-state index in [4.69, 9.17) is 9.73 Å². The number of hydrogen-bond acceptors (Lipinski definition) is 7. The first-order chi connectivity index (χ1) is 16.4. The number of fused-ring (bicyclic) bond motifs is 1. The van der Waals surface area contributed by atoms with Gasteiger partial charge in [0.25, 0.3) is 0 Å². The van der Waals surface area contributed by atoms with E-state index in [1.807, 2.05) is 42.5 Å². The Balaban J connectivity index is 1.63. The molecule has 2 aromatic rings. The van der Waals surface area contributed by atoms with Crippen molar-refractivity contribution in [3.63, 3.8) is 0 Å². The standard InChI is InChI=1S/C26H29N3O3S2/c1-5-21-23(25(31)32-4)24(20-13-16(2)8-9-17(20)3)29-18(15-34-26(29)28-21)14-22(30)27-11-10-19-7-6-12-33-19/h6-9,12-13,15,24H,5,10-11,14H2,1-4H3,(H,27,30)/t24-/m1/s1. The van der Waals surface area contributed by atoms with E-state index in [1.165, 1.54) is 23.7 Å². The van der Waals surface area contributed by atoms with Crippen molar-refractivity contribution < 1.29 is 14.3 Å². The van der Waals surface area contributed by atoms with Crippen LogP contribution in [0.5, 0.6) is 0 Å². The molecule has 1 aromatic carbocycles. The van der Waals surface area contributed by atoms with Crippen LogP contribution in [-0.4, -0.2) is 35.6 Å². The number of methoxy groups -OCH3 is 1. The number of thiophene rings is 1. The van der Waals surface area contributed by atoms with Crippen LogP contribution in [0.25, 0.3) is 0 Å². The van der Waals surface area contributed by atoms with Gasteiger partial charge in [0.1, 0.15) is 0 Å². The third-order valence-corrected chi connectivity index (χ3v) is 7.80. The zero-order chi connectivity index (χ0) is 24.2. The van der Waals surface area contributed by atoms with Gasteiger partial charge in [-0.3, -0.25) is 4.79 Å². The van der Waals surface area contributed by atoms with E-state index in [-0.39, 0.29) is 18.3 Å². The van der Waals surface area contributed by atoms with Crippen LogP contribution in [0, 0.1) is 13.8 Å². The number of thioether (sulfide) groups is 1. The highest BCUT2D eigenvalue weighted by atomic mass is 32.2. The third-order valence-electron chi connectivity index (χ3n) is 5.97. The number of rotatable bonds is 8. The van der Waals surface area contributed by atoms with E-state index in [0.717, 1.165) is 39.7 Å². The number of allylic oxidation sites excluding steroid dienone is 1. The molecule has 0 spiro atoms. The van der Waals surface area contributed by atoms with Crippen molar-refractivity contribution in [3.8, 4) is 0 Å². The maximum atomic E-state index is 13.0. The number of amides is 1. The van der Waals surface area contributed by atoms with E-state index >= 15 is 0 Å². The molecule has 0 radical (unpaired) electrons. The van der Waals surface area contributed by atoms with Crippen molar-refractivity contribution >= 4 is 40.1 Å². The lowest BCUT2D eigenvalue weighted by Gasteiger charge is -2.37. The van der Waals surface area contributed by atoms with Crippen LogP contribution in [0.4, 0.5) is 0 Å². The average molecular weight is 496 g/mol. The molecular weight excluding hydrogens is 466 g/mol. The topological polar surface area (TPSA) is 71.0 Å². The van der Waals surface area contributed by atoms with Crippen molar-refractivity contribution in [2.45, 2.75) is 46.1 Å². The molecule has 0 fully saturated rings. The first kappa shape index (κ1) is 24.3. The molecule has 2 aliphatic rings. The fraction of sp³-hybridized carbons (Fsp3) is 0.346. The van der Waals surface area contributed by atoms with E-state index in [9.17, 15) is 9.59 Å². The number of nitrogens with zero attached hydrogens (tertiary/aromatic N) is 2. The minimum atomic E-state index is -0.394. The number of aliphatic imine (C=N–C) groups is 1. The molecule has 0 saturated heterocycles. The van der Waals surface area contributed by atoms with Gasteiger partial charge in [-0.05, 0) is 54.7 Å². The Bertz CT molecular complexity index is 1180. The van der Waals surface area contributed by atoms with Gasteiger partial charge in [0.05, 0.1) is 30.8 Å². The van der Waals surface area contributed by atoms with Crippen molar-refractivity contribution in [3.05, 3.63) is 79.7 Å². The smallest absolute Gasteiger partial charge is 0.338 e. The molecule has 1 aromatic heterocycles. The van der Waals surface area contributed by atoms with Gasteiger partial charge in [0.2, 0.25) is 5.91 Å². The molecule has 0 bridgehead atoms. The molecule has 2 aliphatic heterocycles. The van der Waals surface area contributed by atoms with Gasteiger partial charge in [-0.2, -0.15) is 0 Å². The molecule has 0 saturated carbocycles. The van der Waals surface area contributed by atoms with Crippen LogP contribution in [0.3, 0.4) is 0 Å². The molecule has 6 nitrogen and oxygen atoms in total. The van der Waals surface area contributed by atoms with Crippen LogP contribution in [-0.2, 0) is 20.7 Å². The Morgan fingerprint density at radius 2 is 2.06 bits per heavy atom. The zero-order valence-electron chi connectivity index (χ0n) is 19.9. The van der Waals surface area contributed by atoms with E-state index in [2.05, 4.69) is 29.6 Å². The maximum Gasteiger partial charge on any atom is 0.338 e. The Morgan fingerprint density at radius 1 is 1.24 bits per heavy atom. The third kappa shape index (κ3) is 4.98. The largest absolute Gasteiger partial charge is 0.466 e. The Labute approximate surface area is 208 Å². The SMILES string of the molecule is CCC1=C(C(=O)OC)[C@@H](c2cc(C)ccc2C)N2C(CC(=O)NCCc3cccs3)=CSC2=N1. The van der Waals surface area contributed by atoms with Crippen LogP contribution in [0.1, 0.15) is 47.4 Å². The van der Waals surface area contributed by atoms with Crippen LogP contribution >= 0.6 is 23.1 Å². The lowest BCUT2D eigenvalue weighted by Crippen LogP contribution is -2.38. The van der Waals surface area contributed by atoms with Gasteiger partial charge < -0.3 is 15.0 Å². The van der Waals surface area contributed by atoms with Gasteiger partial charge in [-0.25, -0.2) is 9.79 Å². The fourth-order valence-corrected chi connectivity index (χ4v) is 5.91. The van der Waals surface area contributed by atoms with Crippen LogP contribution < -0.4 is 5.32 Å². The molecule has 3 heterocycles. The Hall–Kier alpha value is -2.84.